The van der Waals surface area contributed by atoms with Crippen molar-refractivity contribution in [1.29, 1.82) is 0 Å². The first kappa shape index (κ1) is 19.9. The third-order valence-electron chi connectivity index (χ3n) is 3.60. The zero-order chi connectivity index (χ0) is 19.8. The molecule has 0 spiro atoms. The van der Waals surface area contributed by atoms with Gasteiger partial charge in [-0.15, -0.1) is 0 Å². The molecule has 0 saturated heterocycles. The molecule has 1 heterocycles. The van der Waals surface area contributed by atoms with Crippen LogP contribution in [-0.4, -0.2) is 36.7 Å². The lowest BCUT2D eigenvalue weighted by atomic mass is 10.2. The van der Waals surface area contributed by atoms with Crippen LogP contribution in [0, 0.1) is 6.92 Å². The lowest BCUT2D eigenvalue weighted by molar-refractivity contribution is -0.115. The van der Waals surface area contributed by atoms with Crippen LogP contribution >= 0.6 is 0 Å². The SMILES string of the molecule is COc1ccc(C(=O)N/N=C(/C)CC(=O)Nc2cc(C)ccn2)c(OC)c1. The van der Waals surface area contributed by atoms with Crippen LogP contribution in [0.3, 0.4) is 0 Å². The van der Waals surface area contributed by atoms with Crippen LogP contribution in [0.15, 0.2) is 41.6 Å². The van der Waals surface area contributed by atoms with Gasteiger partial charge in [0.2, 0.25) is 5.91 Å². The normalized spacial score (nSPS) is 10.9. The second-order valence-electron chi connectivity index (χ2n) is 5.80. The smallest absolute Gasteiger partial charge is 0.275 e. The van der Waals surface area contributed by atoms with Crippen LogP contribution in [0.5, 0.6) is 11.5 Å². The number of methoxy groups -OCH3 is 2. The van der Waals surface area contributed by atoms with Gasteiger partial charge in [0.25, 0.3) is 5.91 Å². The van der Waals surface area contributed by atoms with Crippen molar-refractivity contribution in [2.45, 2.75) is 20.3 Å². The summed E-state index contributed by atoms with van der Waals surface area (Å²) in [6, 6.07) is 8.44. The van der Waals surface area contributed by atoms with Gasteiger partial charge in [-0.25, -0.2) is 10.4 Å². The number of aromatic nitrogens is 1. The fourth-order valence-electron chi connectivity index (χ4n) is 2.26. The number of carbonyl (C=O) groups excluding carboxylic acids is 2. The minimum absolute atomic E-state index is 0.0235. The Bertz CT molecular complexity index is 865. The molecule has 2 rings (SSSR count). The highest BCUT2D eigenvalue weighted by atomic mass is 16.5. The van der Waals surface area contributed by atoms with Crippen molar-refractivity contribution in [2.75, 3.05) is 19.5 Å². The summed E-state index contributed by atoms with van der Waals surface area (Å²) in [6.07, 6.45) is 1.64. The second-order valence-corrected chi connectivity index (χ2v) is 5.80. The molecule has 8 nitrogen and oxygen atoms in total. The van der Waals surface area contributed by atoms with E-state index in [0.29, 0.717) is 28.6 Å². The highest BCUT2D eigenvalue weighted by Gasteiger charge is 2.13. The first-order chi connectivity index (χ1) is 12.9. The first-order valence-electron chi connectivity index (χ1n) is 8.21. The number of nitrogens with one attached hydrogen (secondary N) is 2. The maximum Gasteiger partial charge on any atom is 0.275 e. The molecule has 2 N–H and O–H groups in total. The molecule has 0 aliphatic rings. The Morgan fingerprint density at radius 3 is 2.59 bits per heavy atom. The maximum absolute atomic E-state index is 12.3. The summed E-state index contributed by atoms with van der Waals surface area (Å²) in [4.78, 5) is 28.4. The zero-order valence-electron chi connectivity index (χ0n) is 15.7. The summed E-state index contributed by atoms with van der Waals surface area (Å²) in [6.45, 7) is 3.56. The summed E-state index contributed by atoms with van der Waals surface area (Å²) >= 11 is 0. The third kappa shape index (κ3) is 5.81. The summed E-state index contributed by atoms with van der Waals surface area (Å²) in [5.41, 5.74) is 4.17. The number of aryl methyl sites for hydroxylation is 1. The standard InChI is InChI=1S/C19H22N4O4/c1-12-7-8-20-17(9-12)21-18(24)10-13(2)22-23-19(25)15-6-5-14(26-3)11-16(15)27-4/h5-9,11H,10H2,1-4H3,(H,23,25)(H,20,21,24)/b22-13-. The molecule has 0 atom stereocenters. The van der Waals surface area contributed by atoms with Crippen LogP contribution in [0.4, 0.5) is 5.82 Å². The van der Waals surface area contributed by atoms with E-state index in [4.69, 9.17) is 9.47 Å². The topological polar surface area (TPSA) is 102 Å². The number of anilines is 1. The van der Waals surface area contributed by atoms with Crippen LogP contribution in [0.25, 0.3) is 0 Å². The van der Waals surface area contributed by atoms with E-state index in [0.717, 1.165) is 5.56 Å². The Morgan fingerprint density at radius 1 is 1.15 bits per heavy atom. The van der Waals surface area contributed by atoms with Gasteiger partial charge in [-0.2, -0.15) is 5.10 Å². The Kier molecular flexibility index (Phi) is 6.87. The third-order valence-corrected chi connectivity index (χ3v) is 3.60. The number of nitrogens with zero attached hydrogens (tertiary/aromatic N) is 2. The number of ether oxygens (including phenoxy) is 2. The number of hydrazone groups is 1. The van der Waals surface area contributed by atoms with E-state index in [2.05, 4.69) is 20.8 Å². The quantitative estimate of drug-likeness (QED) is 0.576. The Labute approximate surface area is 157 Å². The van der Waals surface area contributed by atoms with Gasteiger partial charge in [0.1, 0.15) is 17.3 Å². The van der Waals surface area contributed by atoms with E-state index in [1.807, 2.05) is 13.0 Å². The predicted molar refractivity (Wildman–Crippen MR) is 102 cm³/mol. The monoisotopic (exact) mass is 370 g/mol. The fraction of sp³-hybridized carbons (Fsp3) is 0.263. The number of pyridine rings is 1. The Hall–Kier alpha value is -3.42. The largest absolute Gasteiger partial charge is 0.497 e. The molecule has 0 bridgehead atoms. The summed E-state index contributed by atoms with van der Waals surface area (Å²) < 4.78 is 10.3. The molecule has 8 heteroatoms. The molecule has 27 heavy (non-hydrogen) atoms. The van der Waals surface area contributed by atoms with Crippen molar-refractivity contribution >= 4 is 23.3 Å². The van der Waals surface area contributed by atoms with Crippen molar-refractivity contribution in [3.8, 4) is 11.5 Å². The molecular weight excluding hydrogens is 348 g/mol. The molecule has 0 aliphatic heterocycles. The minimum atomic E-state index is -0.449. The van der Waals surface area contributed by atoms with Crippen LogP contribution in [0.2, 0.25) is 0 Å². The predicted octanol–water partition coefficient (Wildman–Crippen LogP) is 2.54. The van der Waals surface area contributed by atoms with Crippen LogP contribution in [0.1, 0.15) is 29.3 Å². The van der Waals surface area contributed by atoms with E-state index in [1.165, 1.54) is 14.2 Å². The summed E-state index contributed by atoms with van der Waals surface area (Å²) in [5.74, 6) is 0.688. The van der Waals surface area contributed by atoms with Crippen molar-refractivity contribution < 1.29 is 19.1 Å². The van der Waals surface area contributed by atoms with E-state index >= 15 is 0 Å². The highest BCUT2D eigenvalue weighted by molar-refractivity contribution is 6.06. The van der Waals surface area contributed by atoms with Gasteiger partial charge in [-0.3, -0.25) is 9.59 Å². The molecule has 1 aromatic carbocycles. The first-order valence-corrected chi connectivity index (χ1v) is 8.21. The lowest BCUT2D eigenvalue weighted by Gasteiger charge is -2.09. The van der Waals surface area contributed by atoms with Gasteiger partial charge < -0.3 is 14.8 Å². The van der Waals surface area contributed by atoms with E-state index < -0.39 is 5.91 Å². The average molecular weight is 370 g/mol. The van der Waals surface area contributed by atoms with Crippen molar-refractivity contribution in [2.24, 2.45) is 5.10 Å². The van der Waals surface area contributed by atoms with Gasteiger partial charge in [0, 0.05) is 18.0 Å². The number of hydrogen-bond acceptors (Lipinski definition) is 6. The number of rotatable bonds is 7. The van der Waals surface area contributed by atoms with Gasteiger partial charge in [-0.05, 0) is 43.7 Å². The average Bonchev–Trinajstić information content (AvgIpc) is 2.65. The maximum atomic E-state index is 12.3. The molecule has 2 aromatic rings. The van der Waals surface area contributed by atoms with Crippen molar-refractivity contribution in [1.82, 2.24) is 10.4 Å². The van der Waals surface area contributed by atoms with Crippen LogP contribution in [-0.2, 0) is 4.79 Å². The van der Waals surface area contributed by atoms with Crippen molar-refractivity contribution in [3.63, 3.8) is 0 Å². The van der Waals surface area contributed by atoms with E-state index in [-0.39, 0.29) is 12.3 Å². The number of hydrogen-bond donors (Lipinski definition) is 2. The summed E-state index contributed by atoms with van der Waals surface area (Å²) in [7, 11) is 2.99. The zero-order valence-corrected chi connectivity index (χ0v) is 15.7. The molecule has 1 aromatic heterocycles. The molecular formula is C19H22N4O4. The lowest BCUT2D eigenvalue weighted by Crippen LogP contribution is -2.22. The number of benzene rings is 1. The van der Waals surface area contributed by atoms with Gasteiger partial charge in [-0.1, -0.05) is 0 Å². The number of carbonyl (C=O) groups is 2. The van der Waals surface area contributed by atoms with E-state index in [9.17, 15) is 9.59 Å². The van der Waals surface area contributed by atoms with Gasteiger partial charge in [0.05, 0.1) is 26.2 Å². The highest BCUT2D eigenvalue weighted by Crippen LogP contribution is 2.24. The molecule has 0 saturated carbocycles. The van der Waals surface area contributed by atoms with Crippen molar-refractivity contribution in [3.05, 3.63) is 47.7 Å². The molecule has 0 aliphatic carbocycles. The molecule has 2 amide bonds. The minimum Gasteiger partial charge on any atom is -0.497 e. The van der Waals surface area contributed by atoms with Gasteiger partial charge >= 0.3 is 0 Å². The van der Waals surface area contributed by atoms with E-state index in [1.54, 1.807) is 37.4 Å². The molecule has 142 valence electrons. The summed E-state index contributed by atoms with van der Waals surface area (Å²) in [5, 5.41) is 6.65. The fourth-order valence-corrected chi connectivity index (χ4v) is 2.26. The second kappa shape index (κ2) is 9.33. The molecule has 0 radical (unpaired) electrons. The molecule has 0 unspecified atom stereocenters. The van der Waals surface area contributed by atoms with Gasteiger partial charge in [0.15, 0.2) is 0 Å². The molecule has 0 fully saturated rings. The Balaban J connectivity index is 1.96. The Morgan fingerprint density at radius 2 is 1.93 bits per heavy atom. The van der Waals surface area contributed by atoms with Crippen LogP contribution < -0.4 is 20.2 Å². The number of amides is 2.